The molecule has 102 valence electrons. The Labute approximate surface area is 114 Å². The first-order chi connectivity index (χ1) is 9.24. The van der Waals surface area contributed by atoms with E-state index in [1.54, 1.807) is 12.4 Å². The molecule has 2 atom stereocenters. The lowest BCUT2D eigenvalue weighted by Gasteiger charge is -2.37. The number of carbonyl (C=O) groups is 1. The van der Waals surface area contributed by atoms with Gasteiger partial charge in [-0.2, -0.15) is 0 Å². The number of hydrogen-bond donors (Lipinski definition) is 1. The number of fused-ring (bicyclic) bond motifs is 2. The van der Waals surface area contributed by atoms with Crippen LogP contribution in [0.4, 0.5) is 0 Å². The molecule has 0 aliphatic carbocycles. The van der Waals surface area contributed by atoms with E-state index in [0.717, 1.165) is 32.1 Å². The minimum absolute atomic E-state index is 0.293. The van der Waals surface area contributed by atoms with Gasteiger partial charge in [0.2, 0.25) is 5.91 Å². The minimum atomic E-state index is 0.293. The molecule has 2 aliphatic heterocycles. The van der Waals surface area contributed by atoms with Crippen LogP contribution < -0.4 is 5.73 Å². The van der Waals surface area contributed by atoms with Crippen LogP contribution in [0.1, 0.15) is 37.7 Å². The maximum atomic E-state index is 12.4. The topological polar surface area (TPSA) is 59.2 Å². The zero-order chi connectivity index (χ0) is 13.2. The molecule has 3 heterocycles. The van der Waals surface area contributed by atoms with E-state index in [-0.39, 0.29) is 0 Å². The Kier molecular flexibility index (Phi) is 3.51. The van der Waals surface area contributed by atoms with E-state index in [9.17, 15) is 4.79 Å². The molecule has 0 aromatic carbocycles. The Bertz CT molecular complexity index is 434. The van der Waals surface area contributed by atoms with Gasteiger partial charge in [-0.05, 0) is 49.8 Å². The van der Waals surface area contributed by atoms with Crippen LogP contribution in [0.15, 0.2) is 24.5 Å². The highest BCUT2D eigenvalue weighted by Gasteiger charge is 2.41. The molecule has 1 aromatic rings. The van der Waals surface area contributed by atoms with E-state index in [1.807, 2.05) is 12.1 Å². The number of pyridine rings is 1. The SMILES string of the molecule is NC1CC2CCC(C1)N2C(=O)CCc1ccncc1. The number of aryl methyl sites for hydroxylation is 1. The number of amides is 1. The van der Waals surface area contributed by atoms with E-state index in [4.69, 9.17) is 5.73 Å². The second-order valence-electron chi connectivity index (χ2n) is 5.77. The van der Waals surface area contributed by atoms with Crippen LogP contribution >= 0.6 is 0 Å². The highest BCUT2D eigenvalue weighted by atomic mass is 16.2. The molecule has 2 unspecified atom stereocenters. The molecule has 19 heavy (non-hydrogen) atoms. The van der Waals surface area contributed by atoms with Crippen LogP contribution in [0, 0.1) is 0 Å². The number of piperidine rings is 1. The van der Waals surface area contributed by atoms with Crippen LogP contribution in [0.3, 0.4) is 0 Å². The molecule has 4 heteroatoms. The van der Waals surface area contributed by atoms with Gasteiger partial charge >= 0.3 is 0 Å². The average Bonchev–Trinajstić information content (AvgIpc) is 2.70. The lowest BCUT2D eigenvalue weighted by molar-refractivity contribution is -0.135. The molecule has 0 spiro atoms. The molecular weight excluding hydrogens is 238 g/mol. The molecule has 2 saturated heterocycles. The lowest BCUT2D eigenvalue weighted by atomic mass is 9.97. The van der Waals surface area contributed by atoms with Crippen molar-refractivity contribution in [2.45, 2.75) is 56.7 Å². The summed E-state index contributed by atoms with van der Waals surface area (Å²) in [6, 6.07) is 5.06. The first-order valence-electron chi connectivity index (χ1n) is 7.19. The Morgan fingerprint density at radius 3 is 2.53 bits per heavy atom. The maximum absolute atomic E-state index is 12.4. The van der Waals surface area contributed by atoms with Gasteiger partial charge in [0, 0.05) is 36.9 Å². The van der Waals surface area contributed by atoms with Gasteiger partial charge in [0.25, 0.3) is 0 Å². The Morgan fingerprint density at radius 2 is 1.89 bits per heavy atom. The van der Waals surface area contributed by atoms with Crippen molar-refractivity contribution in [3.05, 3.63) is 30.1 Å². The van der Waals surface area contributed by atoms with Gasteiger partial charge in [0.05, 0.1) is 0 Å². The molecule has 1 aromatic heterocycles. The largest absolute Gasteiger partial charge is 0.337 e. The van der Waals surface area contributed by atoms with E-state index >= 15 is 0 Å². The molecule has 2 N–H and O–H groups in total. The third-order valence-corrected chi connectivity index (χ3v) is 4.43. The summed E-state index contributed by atoms with van der Waals surface area (Å²) in [6.45, 7) is 0. The van der Waals surface area contributed by atoms with Crippen molar-refractivity contribution in [2.24, 2.45) is 5.73 Å². The molecule has 3 rings (SSSR count). The Morgan fingerprint density at radius 1 is 1.26 bits per heavy atom. The maximum Gasteiger partial charge on any atom is 0.223 e. The second kappa shape index (κ2) is 5.29. The van der Waals surface area contributed by atoms with Crippen LogP contribution in [-0.4, -0.2) is 33.9 Å². The molecular formula is C15H21N3O. The van der Waals surface area contributed by atoms with Crippen LogP contribution in [-0.2, 0) is 11.2 Å². The van der Waals surface area contributed by atoms with Gasteiger partial charge in [0.1, 0.15) is 0 Å². The second-order valence-corrected chi connectivity index (χ2v) is 5.77. The first-order valence-corrected chi connectivity index (χ1v) is 7.19. The Balaban J connectivity index is 1.59. The minimum Gasteiger partial charge on any atom is -0.337 e. The zero-order valence-electron chi connectivity index (χ0n) is 11.2. The number of rotatable bonds is 3. The summed E-state index contributed by atoms with van der Waals surface area (Å²) in [6.07, 6.45) is 9.22. The van der Waals surface area contributed by atoms with Crippen LogP contribution in [0.2, 0.25) is 0 Å². The monoisotopic (exact) mass is 259 g/mol. The average molecular weight is 259 g/mol. The van der Waals surface area contributed by atoms with Crippen molar-refractivity contribution < 1.29 is 4.79 Å². The van der Waals surface area contributed by atoms with Crippen molar-refractivity contribution in [2.75, 3.05) is 0 Å². The molecule has 2 fully saturated rings. The normalized spacial score (nSPS) is 29.5. The molecule has 0 saturated carbocycles. The summed E-state index contributed by atoms with van der Waals surface area (Å²) in [7, 11) is 0. The van der Waals surface area contributed by atoms with Crippen molar-refractivity contribution in [1.82, 2.24) is 9.88 Å². The van der Waals surface area contributed by atoms with Crippen molar-refractivity contribution in [3.8, 4) is 0 Å². The standard InChI is InChI=1S/C15H21N3O/c16-12-9-13-2-3-14(10-12)18(13)15(19)4-1-11-5-7-17-8-6-11/h5-8,12-14H,1-4,9-10,16H2. The third kappa shape index (κ3) is 2.63. The highest BCUT2D eigenvalue weighted by molar-refractivity contribution is 5.77. The van der Waals surface area contributed by atoms with Crippen LogP contribution in [0.25, 0.3) is 0 Å². The number of nitrogens with two attached hydrogens (primary N) is 1. The Hall–Kier alpha value is -1.42. The summed E-state index contributed by atoms with van der Waals surface area (Å²) in [5.41, 5.74) is 7.22. The summed E-state index contributed by atoms with van der Waals surface area (Å²) < 4.78 is 0. The van der Waals surface area contributed by atoms with E-state index in [0.29, 0.717) is 30.5 Å². The van der Waals surface area contributed by atoms with Gasteiger partial charge < -0.3 is 10.6 Å². The van der Waals surface area contributed by atoms with Gasteiger partial charge in [-0.3, -0.25) is 9.78 Å². The number of aromatic nitrogens is 1. The fourth-order valence-corrected chi connectivity index (χ4v) is 3.56. The van der Waals surface area contributed by atoms with Gasteiger partial charge in [0.15, 0.2) is 0 Å². The molecule has 0 radical (unpaired) electrons. The predicted molar refractivity (Wildman–Crippen MR) is 73.4 cm³/mol. The first kappa shape index (κ1) is 12.6. The van der Waals surface area contributed by atoms with Gasteiger partial charge in [-0.1, -0.05) is 0 Å². The summed E-state index contributed by atoms with van der Waals surface area (Å²) >= 11 is 0. The molecule has 1 amide bonds. The van der Waals surface area contributed by atoms with E-state index in [1.165, 1.54) is 5.56 Å². The fraction of sp³-hybridized carbons (Fsp3) is 0.600. The predicted octanol–water partition coefficient (Wildman–Crippen LogP) is 1.49. The fourth-order valence-electron chi connectivity index (χ4n) is 3.56. The summed E-state index contributed by atoms with van der Waals surface area (Å²) in [5, 5.41) is 0. The van der Waals surface area contributed by atoms with Gasteiger partial charge in [-0.15, -0.1) is 0 Å². The smallest absolute Gasteiger partial charge is 0.223 e. The number of hydrogen-bond acceptors (Lipinski definition) is 3. The van der Waals surface area contributed by atoms with E-state index in [2.05, 4.69) is 9.88 Å². The van der Waals surface area contributed by atoms with Crippen molar-refractivity contribution in [3.63, 3.8) is 0 Å². The number of carbonyl (C=O) groups excluding carboxylic acids is 1. The molecule has 2 aliphatic rings. The quantitative estimate of drug-likeness (QED) is 0.894. The molecule has 4 nitrogen and oxygen atoms in total. The lowest BCUT2D eigenvalue weighted by Crippen LogP contribution is -2.50. The summed E-state index contributed by atoms with van der Waals surface area (Å²) in [4.78, 5) is 18.5. The highest BCUT2D eigenvalue weighted by Crippen LogP contribution is 2.35. The number of nitrogens with zero attached hydrogens (tertiary/aromatic N) is 2. The van der Waals surface area contributed by atoms with Crippen LogP contribution in [0.5, 0.6) is 0 Å². The van der Waals surface area contributed by atoms with E-state index < -0.39 is 0 Å². The van der Waals surface area contributed by atoms with Gasteiger partial charge in [-0.25, -0.2) is 0 Å². The van der Waals surface area contributed by atoms with Crippen molar-refractivity contribution >= 4 is 5.91 Å². The zero-order valence-corrected chi connectivity index (χ0v) is 11.2. The molecule has 2 bridgehead atoms. The van der Waals surface area contributed by atoms with Crippen molar-refractivity contribution in [1.29, 1.82) is 0 Å². The summed E-state index contributed by atoms with van der Waals surface area (Å²) in [5.74, 6) is 0.302. The third-order valence-electron chi connectivity index (χ3n) is 4.43.